The number of rotatable bonds is 3. The maximum atomic E-state index is 12.4. The van der Waals surface area contributed by atoms with Crippen molar-refractivity contribution in [2.45, 2.75) is 42.9 Å². The van der Waals surface area contributed by atoms with Gasteiger partial charge in [-0.15, -0.1) is 0 Å². The van der Waals surface area contributed by atoms with Gasteiger partial charge in [-0.25, -0.2) is 0 Å². The third-order valence-electron chi connectivity index (χ3n) is 8.27. The van der Waals surface area contributed by atoms with Crippen LogP contribution in [0.2, 0.25) is 0 Å². The number of nitrogens with one attached hydrogen (secondary N) is 1. The Bertz CT molecular complexity index is 1060. The van der Waals surface area contributed by atoms with Gasteiger partial charge in [-0.1, -0.05) is 11.6 Å². The summed E-state index contributed by atoms with van der Waals surface area (Å²) >= 11 is 0. The van der Waals surface area contributed by atoms with Gasteiger partial charge in [0.05, 0.1) is 24.1 Å². The Hall–Kier alpha value is -2.85. The van der Waals surface area contributed by atoms with Crippen molar-refractivity contribution in [1.29, 1.82) is 0 Å². The summed E-state index contributed by atoms with van der Waals surface area (Å²) in [6.45, 7) is 1.92. The molecule has 5 aliphatic rings. The lowest BCUT2D eigenvalue weighted by molar-refractivity contribution is -0.397. The molecule has 1 aromatic rings. The fourth-order valence-corrected chi connectivity index (χ4v) is 7.25. The van der Waals surface area contributed by atoms with Crippen molar-refractivity contribution < 1.29 is 29.8 Å². The second-order valence-electron chi connectivity index (χ2n) is 9.32. The Labute approximate surface area is 177 Å². The molecule has 3 N–H and O–H groups in total. The van der Waals surface area contributed by atoms with Crippen LogP contribution in [0.1, 0.15) is 24.8 Å². The van der Waals surface area contributed by atoms with E-state index in [2.05, 4.69) is 16.3 Å². The van der Waals surface area contributed by atoms with Crippen molar-refractivity contribution in [3.63, 3.8) is 0 Å². The summed E-state index contributed by atoms with van der Waals surface area (Å²) in [5.41, 5.74) is 0.854. The number of hydrogen-bond donors (Lipinski definition) is 3. The number of carbonyl (C=O) groups is 1. The highest BCUT2D eigenvalue weighted by Crippen LogP contribution is 2.65. The minimum absolute atomic E-state index is 0.102. The summed E-state index contributed by atoms with van der Waals surface area (Å²) in [5.74, 6) is -2.65. The van der Waals surface area contributed by atoms with E-state index in [9.17, 15) is 30.2 Å². The molecule has 31 heavy (non-hydrogen) atoms. The van der Waals surface area contributed by atoms with Gasteiger partial charge in [-0.05, 0) is 36.9 Å². The van der Waals surface area contributed by atoms with Crippen LogP contribution in [0.25, 0.3) is 0 Å². The fourth-order valence-electron chi connectivity index (χ4n) is 7.25. The van der Waals surface area contributed by atoms with Crippen LogP contribution in [0.4, 0.5) is 11.4 Å². The first-order chi connectivity index (χ1) is 14.8. The minimum atomic E-state index is -0.996. The Kier molecular flexibility index (Phi) is 3.72. The average molecular weight is 428 g/mol. The van der Waals surface area contributed by atoms with Crippen LogP contribution in [0.5, 0.6) is 11.5 Å². The van der Waals surface area contributed by atoms with E-state index in [0.717, 1.165) is 19.5 Å². The summed E-state index contributed by atoms with van der Waals surface area (Å²) in [7, 11) is 0. The standard InChI is InChI=1S/C21H23N3O7/c25-12-6-11-17(18(19(12)28)24(29)30)22-20-16-10-5-14-21(11,20)2-3-23(14)8-9(10)1-4-31-13(16)7-15(26)27/h1,6,10,13-14,16,20,22,25,28H,2-5,7-8H2,(H,26,27)/p-1/t10-,13-,14-,16-,20-,21+/m0/s1. The van der Waals surface area contributed by atoms with Crippen LogP contribution in [0.15, 0.2) is 17.7 Å². The maximum absolute atomic E-state index is 12.4. The first-order valence-electron chi connectivity index (χ1n) is 10.6. The van der Waals surface area contributed by atoms with Crippen LogP contribution in [-0.2, 0) is 14.9 Å². The van der Waals surface area contributed by atoms with E-state index in [1.165, 1.54) is 11.6 Å². The van der Waals surface area contributed by atoms with Gasteiger partial charge in [0.1, 0.15) is 11.4 Å². The smallest absolute Gasteiger partial charge is 0.305 e. The molecule has 2 bridgehead atoms. The van der Waals surface area contributed by atoms with E-state index in [1.807, 2.05) is 0 Å². The summed E-state index contributed by atoms with van der Waals surface area (Å²) in [4.78, 5) is 25.1. The van der Waals surface area contributed by atoms with Gasteiger partial charge < -0.3 is 25.4 Å². The average Bonchev–Trinajstić information content (AvgIpc) is 3.18. The molecule has 1 aromatic carbocycles. The minimum Gasteiger partial charge on any atom is -0.865 e. The van der Waals surface area contributed by atoms with Crippen molar-refractivity contribution in [2.24, 2.45) is 11.8 Å². The Morgan fingerprint density at radius 2 is 2.26 bits per heavy atom. The molecule has 0 aromatic heterocycles. The van der Waals surface area contributed by atoms with Crippen LogP contribution in [-0.4, -0.2) is 63.9 Å². The van der Waals surface area contributed by atoms with Gasteiger partial charge in [0.15, 0.2) is 0 Å². The monoisotopic (exact) mass is 428 g/mol. The van der Waals surface area contributed by atoms with Crippen LogP contribution >= 0.6 is 0 Å². The number of fused-ring (bicyclic) bond motifs is 2. The zero-order valence-corrected chi connectivity index (χ0v) is 16.6. The zero-order chi connectivity index (χ0) is 21.7. The number of carboxylic acid groups (broad SMARTS) is 1. The number of phenolic OH excluding ortho intramolecular Hbond substituents is 1. The number of anilines is 1. The second kappa shape index (κ2) is 6.10. The highest BCUT2D eigenvalue weighted by atomic mass is 16.6. The summed E-state index contributed by atoms with van der Waals surface area (Å²) in [5, 5.41) is 47.3. The van der Waals surface area contributed by atoms with E-state index < -0.39 is 39.6 Å². The van der Waals surface area contributed by atoms with Gasteiger partial charge in [0.2, 0.25) is 0 Å². The number of nitro benzene ring substituents is 1. The molecule has 0 amide bonds. The van der Waals surface area contributed by atoms with Crippen molar-refractivity contribution in [3.05, 3.63) is 33.4 Å². The summed E-state index contributed by atoms with van der Waals surface area (Å²) in [6.07, 6.45) is 2.89. The number of nitro groups is 1. The molecule has 0 radical (unpaired) electrons. The lowest BCUT2D eigenvalue weighted by Crippen LogP contribution is -2.64. The first kappa shape index (κ1) is 18.9. The number of piperidine rings is 1. The third-order valence-corrected chi connectivity index (χ3v) is 8.27. The predicted octanol–water partition coefficient (Wildman–Crippen LogP) is 0.930. The Morgan fingerprint density at radius 3 is 3.00 bits per heavy atom. The molecule has 10 heteroatoms. The van der Waals surface area contributed by atoms with Gasteiger partial charge in [0.25, 0.3) is 5.69 Å². The number of nitrogens with zero attached hydrogens (tertiary/aromatic N) is 2. The molecular weight excluding hydrogens is 406 g/mol. The maximum Gasteiger partial charge on any atom is 0.305 e. The number of phenols is 1. The zero-order valence-electron chi connectivity index (χ0n) is 16.6. The van der Waals surface area contributed by atoms with Gasteiger partial charge in [0, 0.05) is 35.7 Å². The highest BCUT2D eigenvalue weighted by Gasteiger charge is 2.67. The fraction of sp³-hybridized carbons (Fsp3) is 0.571. The molecular formula is C21H22N3O7-. The Morgan fingerprint density at radius 1 is 1.45 bits per heavy atom. The molecule has 4 heterocycles. The molecule has 1 spiro atoms. The first-order valence-corrected chi connectivity index (χ1v) is 10.6. The predicted molar refractivity (Wildman–Crippen MR) is 105 cm³/mol. The molecule has 10 nitrogen and oxygen atoms in total. The topological polar surface area (TPSA) is 148 Å². The number of ether oxygens (including phenoxy) is 1. The number of aromatic hydroxyl groups is 1. The van der Waals surface area contributed by atoms with Gasteiger partial charge in [-0.2, -0.15) is 0 Å². The normalized spacial score (nSPS) is 37.3. The van der Waals surface area contributed by atoms with Crippen molar-refractivity contribution in [2.75, 3.05) is 25.0 Å². The molecule has 1 saturated carbocycles. The van der Waals surface area contributed by atoms with Crippen molar-refractivity contribution in [3.8, 4) is 11.5 Å². The molecule has 6 rings (SSSR count). The quantitative estimate of drug-likeness (QED) is 0.277. The van der Waals surface area contributed by atoms with E-state index in [4.69, 9.17) is 4.74 Å². The number of carboxylic acids is 1. The van der Waals surface area contributed by atoms with Gasteiger partial charge in [-0.3, -0.25) is 19.8 Å². The number of benzene rings is 1. The van der Waals surface area contributed by atoms with Crippen LogP contribution in [0, 0.1) is 22.0 Å². The highest BCUT2D eigenvalue weighted by molar-refractivity contribution is 5.81. The largest absolute Gasteiger partial charge is 0.865 e. The number of hydrogen-bond acceptors (Lipinski definition) is 8. The SMILES string of the molecule is O=C(O)C[C@@H]1OCC=C2CN3CC[C@]45c6cc(O)c([O-])c([N+](=O)[O-])c6N[C@H]4[C@H]1[C@H]2C[C@H]35. The van der Waals surface area contributed by atoms with Crippen LogP contribution in [0.3, 0.4) is 0 Å². The summed E-state index contributed by atoms with van der Waals surface area (Å²) in [6, 6.07) is 1.18. The molecule has 3 fully saturated rings. The molecule has 4 aliphatic heterocycles. The lowest BCUT2D eigenvalue weighted by Gasteiger charge is -2.55. The van der Waals surface area contributed by atoms with E-state index in [1.54, 1.807) is 0 Å². The lowest BCUT2D eigenvalue weighted by atomic mass is 9.54. The van der Waals surface area contributed by atoms with Crippen molar-refractivity contribution in [1.82, 2.24) is 4.90 Å². The van der Waals surface area contributed by atoms with E-state index in [0.29, 0.717) is 18.6 Å². The molecule has 0 unspecified atom stereocenters. The van der Waals surface area contributed by atoms with Crippen molar-refractivity contribution >= 4 is 17.3 Å². The molecule has 6 atom stereocenters. The summed E-state index contributed by atoms with van der Waals surface area (Å²) < 4.78 is 6.01. The number of aliphatic carboxylic acids is 1. The second-order valence-corrected chi connectivity index (χ2v) is 9.32. The van der Waals surface area contributed by atoms with E-state index in [-0.39, 0.29) is 36.0 Å². The Balaban J connectivity index is 1.58. The molecule has 2 saturated heterocycles. The van der Waals surface area contributed by atoms with Gasteiger partial charge >= 0.3 is 5.97 Å². The third kappa shape index (κ3) is 2.26. The van der Waals surface area contributed by atoms with Crippen LogP contribution < -0.4 is 10.4 Å². The molecule has 1 aliphatic carbocycles. The molecule has 164 valence electrons. The van der Waals surface area contributed by atoms with E-state index >= 15 is 0 Å².